The molecule has 0 radical (unpaired) electrons. The molecular formula is C23H18ClNO5S3. The highest BCUT2D eigenvalue weighted by Crippen LogP contribution is 2.38. The molecule has 0 N–H and O–H groups in total. The lowest BCUT2D eigenvalue weighted by Crippen LogP contribution is -2.31. The number of amides is 1. The van der Waals surface area contributed by atoms with Crippen LogP contribution in [0.15, 0.2) is 47.4 Å². The predicted molar refractivity (Wildman–Crippen MR) is 137 cm³/mol. The van der Waals surface area contributed by atoms with Gasteiger partial charge in [0, 0.05) is 17.2 Å². The average molecular weight is 520 g/mol. The summed E-state index contributed by atoms with van der Waals surface area (Å²) in [6.07, 6.45) is 1.73. The summed E-state index contributed by atoms with van der Waals surface area (Å²) >= 11 is 14.2. The minimum Gasteiger partial charge on any atom is -0.493 e. The Kier molecular flexibility index (Phi) is 7.35. The SMILES string of the molecule is COCCN1C(=O)/C(=C/c2ccc(OC(=O)c3sc4ccccc4c3Cl)c(OC)c2)SC1=S. The summed E-state index contributed by atoms with van der Waals surface area (Å²) in [6, 6.07) is 12.6. The van der Waals surface area contributed by atoms with Gasteiger partial charge >= 0.3 is 5.97 Å². The van der Waals surface area contributed by atoms with E-state index in [2.05, 4.69) is 0 Å². The van der Waals surface area contributed by atoms with E-state index in [9.17, 15) is 9.59 Å². The van der Waals surface area contributed by atoms with Crippen molar-refractivity contribution in [3.05, 3.63) is 62.8 Å². The number of halogens is 1. The van der Waals surface area contributed by atoms with Gasteiger partial charge in [0.15, 0.2) is 11.5 Å². The van der Waals surface area contributed by atoms with Gasteiger partial charge < -0.3 is 14.2 Å². The molecule has 33 heavy (non-hydrogen) atoms. The van der Waals surface area contributed by atoms with Gasteiger partial charge in [-0.2, -0.15) is 0 Å². The van der Waals surface area contributed by atoms with Crippen LogP contribution in [0.4, 0.5) is 0 Å². The summed E-state index contributed by atoms with van der Waals surface area (Å²) < 4.78 is 17.4. The van der Waals surface area contributed by atoms with Crippen LogP contribution < -0.4 is 9.47 Å². The summed E-state index contributed by atoms with van der Waals surface area (Å²) in [7, 11) is 3.05. The number of esters is 1. The molecule has 1 aliphatic heterocycles. The Hall–Kier alpha value is -2.43. The molecule has 10 heteroatoms. The van der Waals surface area contributed by atoms with Crippen LogP contribution in [0.25, 0.3) is 16.2 Å². The molecule has 0 unspecified atom stereocenters. The molecule has 4 rings (SSSR count). The van der Waals surface area contributed by atoms with Crippen LogP contribution in [0.3, 0.4) is 0 Å². The summed E-state index contributed by atoms with van der Waals surface area (Å²) in [5, 5.41) is 1.17. The van der Waals surface area contributed by atoms with Crippen molar-refractivity contribution in [2.45, 2.75) is 0 Å². The van der Waals surface area contributed by atoms with Gasteiger partial charge in [-0.3, -0.25) is 9.69 Å². The number of thiophene rings is 1. The quantitative estimate of drug-likeness (QED) is 0.173. The predicted octanol–water partition coefficient (Wildman–Crippen LogP) is 5.63. The minimum atomic E-state index is -0.564. The summed E-state index contributed by atoms with van der Waals surface area (Å²) in [4.78, 5) is 27.8. The van der Waals surface area contributed by atoms with E-state index in [0.717, 1.165) is 10.1 Å². The summed E-state index contributed by atoms with van der Waals surface area (Å²) in [5.74, 6) is -0.132. The van der Waals surface area contributed by atoms with Crippen LogP contribution in [0.2, 0.25) is 5.02 Å². The lowest BCUT2D eigenvalue weighted by atomic mass is 10.2. The number of methoxy groups -OCH3 is 2. The highest BCUT2D eigenvalue weighted by Gasteiger charge is 2.31. The van der Waals surface area contributed by atoms with E-state index >= 15 is 0 Å². The molecule has 2 heterocycles. The van der Waals surface area contributed by atoms with Crippen LogP contribution in [-0.4, -0.2) is 48.5 Å². The molecule has 0 aliphatic carbocycles. The number of thiocarbonyl (C=S) groups is 1. The first kappa shape index (κ1) is 23.7. The Morgan fingerprint density at radius 3 is 2.70 bits per heavy atom. The number of hydrogen-bond donors (Lipinski definition) is 0. The third-order valence-corrected chi connectivity index (χ3v) is 7.83. The van der Waals surface area contributed by atoms with Crippen LogP contribution in [0.1, 0.15) is 15.2 Å². The highest BCUT2D eigenvalue weighted by molar-refractivity contribution is 8.26. The van der Waals surface area contributed by atoms with E-state index in [1.54, 1.807) is 31.4 Å². The summed E-state index contributed by atoms with van der Waals surface area (Å²) in [6.45, 7) is 0.800. The second kappa shape index (κ2) is 10.2. The number of carbonyl (C=O) groups excluding carboxylic acids is 2. The molecule has 170 valence electrons. The first-order chi connectivity index (χ1) is 15.9. The third kappa shape index (κ3) is 4.92. The second-order valence-corrected chi connectivity index (χ2v) is 9.97. The van der Waals surface area contributed by atoms with E-state index in [-0.39, 0.29) is 11.7 Å². The van der Waals surface area contributed by atoms with Crippen molar-refractivity contribution < 1.29 is 23.8 Å². The zero-order valence-electron chi connectivity index (χ0n) is 17.6. The molecule has 1 amide bonds. The van der Waals surface area contributed by atoms with Gasteiger partial charge in [-0.05, 0) is 29.8 Å². The third-order valence-electron chi connectivity index (χ3n) is 4.80. The number of ether oxygens (including phenoxy) is 3. The fraction of sp³-hybridized carbons (Fsp3) is 0.174. The van der Waals surface area contributed by atoms with Crippen molar-refractivity contribution in [3.63, 3.8) is 0 Å². The number of fused-ring (bicyclic) bond motifs is 1. The number of thioether (sulfide) groups is 1. The Balaban J connectivity index is 1.55. The molecule has 0 bridgehead atoms. The fourth-order valence-corrected chi connectivity index (χ4v) is 5.87. The minimum absolute atomic E-state index is 0.170. The Morgan fingerprint density at radius 1 is 1.18 bits per heavy atom. The zero-order valence-corrected chi connectivity index (χ0v) is 20.8. The Labute approximate surface area is 209 Å². The van der Waals surface area contributed by atoms with Crippen LogP contribution in [0, 0.1) is 0 Å². The molecular weight excluding hydrogens is 502 g/mol. The maximum absolute atomic E-state index is 12.8. The molecule has 0 atom stereocenters. The van der Waals surface area contributed by atoms with Crippen molar-refractivity contribution in [2.75, 3.05) is 27.4 Å². The lowest BCUT2D eigenvalue weighted by molar-refractivity contribution is -0.122. The first-order valence-corrected chi connectivity index (χ1v) is 12.2. The van der Waals surface area contributed by atoms with Gasteiger partial charge in [-0.25, -0.2) is 4.79 Å². The molecule has 0 saturated carbocycles. The van der Waals surface area contributed by atoms with Crippen molar-refractivity contribution in [2.24, 2.45) is 0 Å². The fourth-order valence-electron chi connectivity index (χ4n) is 3.18. The molecule has 1 aliphatic rings. The molecule has 6 nitrogen and oxygen atoms in total. The number of benzene rings is 2. The standard InChI is InChI=1S/C23H18ClNO5S3/c1-28-10-9-25-21(26)18(33-23(25)31)12-13-7-8-15(16(11-13)29-2)30-22(27)20-19(24)14-5-3-4-6-17(14)32-20/h3-8,11-12H,9-10H2,1-2H3/b18-12-. The molecule has 1 aromatic heterocycles. The van der Waals surface area contributed by atoms with Crippen molar-refractivity contribution >= 4 is 79.3 Å². The monoisotopic (exact) mass is 519 g/mol. The number of carbonyl (C=O) groups is 2. The number of rotatable bonds is 7. The normalized spacial score (nSPS) is 15.0. The van der Waals surface area contributed by atoms with E-state index in [0.29, 0.717) is 43.6 Å². The van der Waals surface area contributed by atoms with Gasteiger partial charge in [-0.1, -0.05) is 59.8 Å². The second-order valence-electron chi connectivity index (χ2n) is 6.87. The largest absolute Gasteiger partial charge is 0.493 e. The lowest BCUT2D eigenvalue weighted by Gasteiger charge is -2.13. The van der Waals surface area contributed by atoms with Crippen molar-refractivity contribution in [3.8, 4) is 11.5 Å². The molecule has 1 saturated heterocycles. The van der Waals surface area contributed by atoms with Gasteiger partial charge in [0.1, 0.15) is 9.20 Å². The van der Waals surface area contributed by atoms with E-state index in [1.165, 1.54) is 35.1 Å². The summed E-state index contributed by atoms with van der Waals surface area (Å²) in [5.41, 5.74) is 0.707. The number of nitrogens with zero attached hydrogens (tertiary/aromatic N) is 1. The Morgan fingerprint density at radius 2 is 1.97 bits per heavy atom. The zero-order chi connectivity index (χ0) is 23.5. The molecule has 1 fully saturated rings. The average Bonchev–Trinajstić information content (AvgIpc) is 3.29. The van der Waals surface area contributed by atoms with Crippen LogP contribution in [0.5, 0.6) is 11.5 Å². The molecule has 0 spiro atoms. The van der Waals surface area contributed by atoms with E-state index in [4.69, 9.17) is 38.0 Å². The first-order valence-electron chi connectivity index (χ1n) is 9.74. The smallest absolute Gasteiger partial charge is 0.355 e. The van der Waals surface area contributed by atoms with Crippen molar-refractivity contribution in [1.82, 2.24) is 4.90 Å². The van der Waals surface area contributed by atoms with Crippen LogP contribution >= 0.6 is 46.9 Å². The maximum Gasteiger partial charge on any atom is 0.355 e. The molecule has 3 aromatic rings. The van der Waals surface area contributed by atoms with Gasteiger partial charge in [-0.15, -0.1) is 11.3 Å². The maximum atomic E-state index is 12.8. The Bertz CT molecular complexity index is 1290. The van der Waals surface area contributed by atoms with E-state index < -0.39 is 5.97 Å². The topological polar surface area (TPSA) is 65.1 Å². The van der Waals surface area contributed by atoms with Gasteiger partial charge in [0.2, 0.25) is 0 Å². The highest BCUT2D eigenvalue weighted by atomic mass is 35.5. The number of hydrogen-bond acceptors (Lipinski definition) is 8. The van der Waals surface area contributed by atoms with E-state index in [1.807, 2.05) is 24.3 Å². The van der Waals surface area contributed by atoms with Gasteiger partial charge in [0.05, 0.1) is 30.2 Å². The van der Waals surface area contributed by atoms with Crippen LogP contribution in [-0.2, 0) is 9.53 Å². The molecule has 2 aromatic carbocycles. The van der Waals surface area contributed by atoms with Gasteiger partial charge in [0.25, 0.3) is 5.91 Å². The van der Waals surface area contributed by atoms with Crippen molar-refractivity contribution in [1.29, 1.82) is 0 Å².